The van der Waals surface area contributed by atoms with Crippen molar-refractivity contribution < 1.29 is 14.3 Å². The third-order valence-corrected chi connectivity index (χ3v) is 7.41. The van der Waals surface area contributed by atoms with Crippen molar-refractivity contribution in [2.45, 2.75) is 43.6 Å². The van der Waals surface area contributed by atoms with E-state index in [4.69, 9.17) is 9.47 Å². The molecule has 144 valence electrons. The summed E-state index contributed by atoms with van der Waals surface area (Å²) in [6.45, 7) is 0.752. The van der Waals surface area contributed by atoms with Crippen LogP contribution in [0.3, 0.4) is 0 Å². The van der Waals surface area contributed by atoms with Crippen molar-refractivity contribution in [3.8, 4) is 11.5 Å². The number of thiophene rings is 1. The van der Waals surface area contributed by atoms with Crippen molar-refractivity contribution in [2.24, 2.45) is 0 Å². The number of amides is 1. The van der Waals surface area contributed by atoms with Crippen molar-refractivity contribution in [3.63, 3.8) is 0 Å². The Morgan fingerprint density at radius 2 is 2.04 bits per heavy atom. The van der Waals surface area contributed by atoms with E-state index in [9.17, 15) is 4.79 Å². The highest BCUT2D eigenvalue weighted by molar-refractivity contribution is 8.00. The van der Waals surface area contributed by atoms with Crippen LogP contribution >= 0.6 is 23.1 Å². The molecule has 4 nitrogen and oxygen atoms in total. The molecule has 1 aliphatic heterocycles. The summed E-state index contributed by atoms with van der Waals surface area (Å²) in [5, 5.41) is 2.14. The summed E-state index contributed by atoms with van der Waals surface area (Å²) in [4.78, 5) is 15.8. The number of ether oxygens (including phenoxy) is 2. The maximum atomic E-state index is 12.5. The molecule has 1 aromatic heterocycles. The van der Waals surface area contributed by atoms with Gasteiger partial charge in [0.2, 0.25) is 5.91 Å². The van der Waals surface area contributed by atoms with Gasteiger partial charge in [-0.2, -0.15) is 0 Å². The summed E-state index contributed by atoms with van der Waals surface area (Å²) in [5.74, 6) is 2.33. The van der Waals surface area contributed by atoms with Crippen LogP contribution in [-0.2, 0) is 11.2 Å². The first-order chi connectivity index (χ1) is 13.2. The van der Waals surface area contributed by atoms with E-state index in [-0.39, 0.29) is 17.4 Å². The molecule has 2 aliphatic rings. The first-order valence-electron chi connectivity index (χ1n) is 9.52. The molecule has 1 aromatic carbocycles. The molecule has 1 saturated carbocycles. The van der Waals surface area contributed by atoms with Crippen molar-refractivity contribution in [2.75, 3.05) is 19.4 Å². The van der Waals surface area contributed by atoms with Gasteiger partial charge in [-0.15, -0.1) is 23.1 Å². The number of carbonyl (C=O) groups is 1. The van der Waals surface area contributed by atoms with Gasteiger partial charge in [0.1, 0.15) is 5.37 Å². The van der Waals surface area contributed by atoms with E-state index in [1.807, 2.05) is 11.0 Å². The molecule has 6 heteroatoms. The topological polar surface area (TPSA) is 38.8 Å². The van der Waals surface area contributed by atoms with E-state index in [0.29, 0.717) is 5.75 Å². The van der Waals surface area contributed by atoms with Gasteiger partial charge in [0.25, 0.3) is 0 Å². The Bertz CT molecular complexity index is 772. The van der Waals surface area contributed by atoms with E-state index in [1.165, 1.54) is 17.7 Å². The van der Waals surface area contributed by atoms with Crippen molar-refractivity contribution in [1.82, 2.24) is 4.90 Å². The lowest BCUT2D eigenvalue weighted by molar-refractivity contribution is -0.128. The Balaban J connectivity index is 1.52. The second-order valence-corrected chi connectivity index (χ2v) is 9.12. The molecule has 1 saturated heterocycles. The Labute approximate surface area is 168 Å². The highest BCUT2D eigenvalue weighted by Gasteiger charge is 2.33. The molecule has 0 N–H and O–H groups in total. The van der Waals surface area contributed by atoms with Gasteiger partial charge < -0.3 is 14.4 Å². The van der Waals surface area contributed by atoms with Crippen molar-refractivity contribution in [3.05, 3.63) is 46.2 Å². The van der Waals surface area contributed by atoms with Gasteiger partial charge in [0.05, 0.1) is 19.0 Å². The van der Waals surface area contributed by atoms with Gasteiger partial charge >= 0.3 is 0 Å². The zero-order chi connectivity index (χ0) is 18.6. The Morgan fingerprint density at radius 1 is 1.19 bits per heavy atom. The van der Waals surface area contributed by atoms with Crippen molar-refractivity contribution >= 4 is 29.0 Å². The van der Waals surface area contributed by atoms with E-state index in [0.717, 1.165) is 42.9 Å². The van der Waals surface area contributed by atoms with Gasteiger partial charge in [-0.05, 0) is 61.2 Å². The monoisotopic (exact) mass is 403 g/mol. The van der Waals surface area contributed by atoms with Crippen LogP contribution in [0.25, 0.3) is 0 Å². The van der Waals surface area contributed by atoms with Crippen LogP contribution in [-0.4, -0.2) is 36.3 Å². The van der Waals surface area contributed by atoms with Crippen LogP contribution in [0.1, 0.15) is 41.5 Å². The number of thioether (sulfide) groups is 1. The maximum Gasteiger partial charge on any atom is 0.233 e. The molecule has 2 heterocycles. The lowest BCUT2D eigenvalue weighted by Crippen LogP contribution is -2.30. The van der Waals surface area contributed by atoms with Gasteiger partial charge in [-0.1, -0.05) is 12.1 Å². The molecular weight excluding hydrogens is 378 g/mol. The quantitative estimate of drug-likeness (QED) is 0.659. The molecule has 0 radical (unpaired) electrons. The zero-order valence-corrected chi connectivity index (χ0v) is 17.2. The summed E-state index contributed by atoms with van der Waals surface area (Å²) in [6, 6.07) is 10.3. The maximum absolute atomic E-state index is 12.5. The number of hydrogen-bond acceptors (Lipinski definition) is 5. The van der Waals surface area contributed by atoms with Crippen LogP contribution in [0.5, 0.6) is 11.5 Å². The molecule has 4 rings (SSSR count). The lowest BCUT2D eigenvalue weighted by Gasteiger charge is -2.25. The second kappa shape index (κ2) is 8.57. The molecule has 1 aliphatic carbocycles. The average molecular weight is 404 g/mol. The molecule has 1 amide bonds. The smallest absolute Gasteiger partial charge is 0.233 e. The number of carbonyl (C=O) groups excluding carboxylic acids is 1. The van der Waals surface area contributed by atoms with E-state index >= 15 is 0 Å². The number of rotatable bonds is 7. The predicted molar refractivity (Wildman–Crippen MR) is 111 cm³/mol. The first kappa shape index (κ1) is 18.7. The number of benzene rings is 1. The van der Waals surface area contributed by atoms with Crippen LogP contribution in [0.15, 0.2) is 35.7 Å². The van der Waals surface area contributed by atoms with Gasteiger partial charge in [0.15, 0.2) is 11.5 Å². The molecule has 2 fully saturated rings. The predicted octanol–water partition coefficient (Wildman–Crippen LogP) is 4.89. The zero-order valence-electron chi connectivity index (χ0n) is 15.6. The lowest BCUT2D eigenvalue weighted by atomic mass is 10.1. The molecule has 27 heavy (non-hydrogen) atoms. The molecule has 1 atom stereocenters. The molecule has 2 aromatic rings. The van der Waals surface area contributed by atoms with E-state index in [2.05, 4.69) is 29.6 Å². The minimum absolute atomic E-state index is 0.0503. The van der Waals surface area contributed by atoms with Gasteiger partial charge in [-0.25, -0.2) is 0 Å². The fourth-order valence-electron chi connectivity index (χ4n) is 3.78. The van der Waals surface area contributed by atoms with E-state index in [1.54, 1.807) is 30.2 Å². The van der Waals surface area contributed by atoms with Crippen molar-refractivity contribution in [1.29, 1.82) is 0 Å². The number of methoxy groups -OCH3 is 1. The largest absolute Gasteiger partial charge is 0.493 e. The molecule has 0 bridgehead atoms. The van der Waals surface area contributed by atoms with Crippen LogP contribution in [0, 0.1) is 0 Å². The van der Waals surface area contributed by atoms with Gasteiger partial charge in [0, 0.05) is 11.4 Å². The fraction of sp³-hybridized carbons (Fsp3) is 0.476. The van der Waals surface area contributed by atoms with Crippen LogP contribution < -0.4 is 9.47 Å². The van der Waals surface area contributed by atoms with E-state index < -0.39 is 0 Å². The van der Waals surface area contributed by atoms with Gasteiger partial charge in [-0.3, -0.25) is 4.79 Å². The normalized spacial score (nSPS) is 20.4. The summed E-state index contributed by atoms with van der Waals surface area (Å²) in [5.41, 5.74) is 1.12. The Kier molecular flexibility index (Phi) is 5.93. The van der Waals surface area contributed by atoms with Crippen LogP contribution in [0.2, 0.25) is 0 Å². The minimum atomic E-state index is 0.0503. The second-order valence-electron chi connectivity index (χ2n) is 7.01. The third kappa shape index (κ3) is 4.27. The number of hydrogen-bond donors (Lipinski definition) is 0. The number of nitrogens with zero attached hydrogens (tertiary/aromatic N) is 1. The molecule has 0 spiro atoms. The summed E-state index contributed by atoms with van der Waals surface area (Å²) < 4.78 is 11.7. The Hall–Kier alpha value is -1.66. The summed E-state index contributed by atoms with van der Waals surface area (Å²) in [7, 11) is 1.68. The standard InChI is InChI=1S/C21H25NO3S2/c1-24-18-9-8-15(13-19(18)25-16-5-2-3-6-16)21-22(20(23)14-27-21)11-10-17-7-4-12-26-17/h4,7-9,12-13,16,21H,2-3,5-6,10-11,14H2,1H3. The Morgan fingerprint density at radius 3 is 2.78 bits per heavy atom. The third-order valence-electron chi connectivity index (χ3n) is 5.22. The molecule has 1 unspecified atom stereocenters. The highest BCUT2D eigenvalue weighted by atomic mass is 32.2. The highest BCUT2D eigenvalue weighted by Crippen LogP contribution is 2.42. The molecular formula is C21H25NO3S2. The first-order valence-corrected chi connectivity index (χ1v) is 11.5. The fourth-order valence-corrected chi connectivity index (χ4v) is 5.69. The average Bonchev–Trinajstić information content (AvgIpc) is 3.43. The summed E-state index contributed by atoms with van der Waals surface area (Å²) >= 11 is 3.45. The SMILES string of the molecule is COc1ccc(C2SCC(=O)N2CCc2cccs2)cc1OC1CCCC1. The van der Waals surface area contributed by atoms with Crippen LogP contribution in [0.4, 0.5) is 0 Å². The minimum Gasteiger partial charge on any atom is -0.493 e. The summed E-state index contributed by atoms with van der Waals surface area (Å²) in [6.07, 6.45) is 5.87.